The van der Waals surface area contributed by atoms with E-state index in [-0.39, 0.29) is 29.3 Å². The van der Waals surface area contributed by atoms with Gasteiger partial charge in [0.2, 0.25) is 11.8 Å². The average Bonchev–Trinajstić information content (AvgIpc) is 2.65. The summed E-state index contributed by atoms with van der Waals surface area (Å²) in [5.41, 5.74) is 0.00211. The fourth-order valence-corrected chi connectivity index (χ4v) is 6.53. The van der Waals surface area contributed by atoms with Gasteiger partial charge in [-0.25, -0.2) is 4.79 Å². The number of piperazine rings is 1. The molecule has 29 heavy (non-hydrogen) atoms. The van der Waals surface area contributed by atoms with Crippen molar-refractivity contribution >= 4 is 17.8 Å². The molecule has 0 spiro atoms. The van der Waals surface area contributed by atoms with Gasteiger partial charge in [-0.05, 0) is 56.3 Å². The van der Waals surface area contributed by atoms with Crippen LogP contribution in [-0.2, 0) is 9.59 Å². The maximum absolute atomic E-state index is 12.5. The number of nitrogens with one attached hydrogen (secondary N) is 2. The molecule has 4 saturated carbocycles. The van der Waals surface area contributed by atoms with Gasteiger partial charge in [-0.1, -0.05) is 13.8 Å². The molecule has 1 aliphatic heterocycles. The van der Waals surface area contributed by atoms with Crippen molar-refractivity contribution in [3.8, 4) is 0 Å². The van der Waals surface area contributed by atoms with Gasteiger partial charge < -0.3 is 20.4 Å². The van der Waals surface area contributed by atoms with E-state index in [2.05, 4.69) is 10.6 Å². The predicted molar refractivity (Wildman–Crippen MR) is 110 cm³/mol. The van der Waals surface area contributed by atoms with Crippen molar-refractivity contribution in [3.05, 3.63) is 0 Å². The van der Waals surface area contributed by atoms with E-state index < -0.39 is 0 Å². The zero-order valence-electron chi connectivity index (χ0n) is 17.9. The van der Waals surface area contributed by atoms with Gasteiger partial charge in [0, 0.05) is 50.6 Å². The second kappa shape index (κ2) is 8.15. The van der Waals surface area contributed by atoms with E-state index in [9.17, 15) is 14.4 Å². The topological polar surface area (TPSA) is 81.8 Å². The molecule has 0 unspecified atom stereocenters. The van der Waals surface area contributed by atoms with Gasteiger partial charge in [-0.3, -0.25) is 9.59 Å². The number of carbonyl (C=O) groups is 3. The number of carbonyl (C=O) groups excluding carboxylic acids is 3. The van der Waals surface area contributed by atoms with E-state index in [1.165, 1.54) is 19.3 Å². The summed E-state index contributed by atoms with van der Waals surface area (Å²) in [7, 11) is 0. The minimum absolute atomic E-state index is 0.00211. The molecule has 2 N–H and O–H groups in total. The number of hydrogen-bond acceptors (Lipinski definition) is 3. The highest BCUT2D eigenvalue weighted by Gasteiger charge is 2.51. The molecule has 7 heteroatoms. The average molecular weight is 405 g/mol. The van der Waals surface area contributed by atoms with Crippen molar-refractivity contribution in [1.29, 1.82) is 0 Å². The van der Waals surface area contributed by atoms with Gasteiger partial charge in [0.15, 0.2) is 0 Å². The molecule has 4 amide bonds. The Labute approximate surface area is 173 Å². The standard InChI is InChI=1S/C22H36N4O3/c1-15(2)20(28)26-7-5-25(6-8-26)19(27)3-4-23-21(29)24-22-12-16-9-17(13-22)11-18(10-16)14-22/h15-18H,3-14H2,1-2H3,(H2,23,24,29). The van der Waals surface area contributed by atoms with Crippen molar-refractivity contribution in [3.63, 3.8) is 0 Å². The molecule has 1 saturated heterocycles. The predicted octanol–water partition coefficient (Wildman–Crippen LogP) is 1.97. The van der Waals surface area contributed by atoms with Crippen molar-refractivity contribution in [2.45, 2.75) is 64.3 Å². The third-order valence-electron chi connectivity index (χ3n) is 7.48. The van der Waals surface area contributed by atoms with E-state index in [4.69, 9.17) is 0 Å². The summed E-state index contributed by atoms with van der Waals surface area (Å²) >= 11 is 0. The van der Waals surface area contributed by atoms with Gasteiger partial charge in [0.05, 0.1) is 0 Å². The number of hydrogen-bond donors (Lipinski definition) is 2. The summed E-state index contributed by atoms with van der Waals surface area (Å²) in [6.45, 7) is 6.53. The monoisotopic (exact) mass is 404 g/mol. The van der Waals surface area contributed by atoms with Crippen LogP contribution >= 0.6 is 0 Å². The van der Waals surface area contributed by atoms with Crippen LogP contribution < -0.4 is 10.6 Å². The van der Waals surface area contributed by atoms with Crippen LogP contribution in [-0.4, -0.2) is 65.9 Å². The fraction of sp³-hybridized carbons (Fsp3) is 0.864. The van der Waals surface area contributed by atoms with Crippen LogP contribution in [0.1, 0.15) is 58.8 Å². The number of urea groups is 1. The molecular formula is C22H36N4O3. The van der Waals surface area contributed by atoms with Crippen LogP contribution in [0.5, 0.6) is 0 Å². The first kappa shape index (κ1) is 20.5. The van der Waals surface area contributed by atoms with Crippen molar-refractivity contribution in [1.82, 2.24) is 20.4 Å². The molecule has 4 aliphatic carbocycles. The Hall–Kier alpha value is -1.79. The lowest BCUT2D eigenvalue weighted by molar-refractivity contribution is -0.141. The molecule has 5 fully saturated rings. The van der Waals surface area contributed by atoms with E-state index in [0.29, 0.717) is 39.1 Å². The quantitative estimate of drug-likeness (QED) is 0.735. The Morgan fingerprint density at radius 2 is 1.41 bits per heavy atom. The minimum Gasteiger partial charge on any atom is -0.339 e. The largest absolute Gasteiger partial charge is 0.339 e. The highest BCUT2D eigenvalue weighted by atomic mass is 16.2. The lowest BCUT2D eigenvalue weighted by atomic mass is 9.53. The lowest BCUT2D eigenvalue weighted by Gasteiger charge is -2.56. The molecule has 0 atom stereocenters. The summed E-state index contributed by atoms with van der Waals surface area (Å²) in [6.07, 6.45) is 7.76. The second-order valence-electron chi connectivity index (χ2n) is 10.2. The fourth-order valence-electron chi connectivity index (χ4n) is 6.53. The molecule has 0 aromatic rings. The van der Waals surface area contributed by atoms with Crippen LogP contribution in [0.25, 0.3) is 0 Å². The SMILES string of the molecule is CC(C)C(=O)N1CCN(C(=O)CCNC(=O)NC23CC4CC(CC(C4)C2)C3)CC1. The first-order chi connectivity index (χ1) is 13.8. The summed E-state index contributed by atoms with van der Waals surface area (Å²) < 4.78 is 0. The van der Waals surface area contributed by atoms with Crippen LogP contribution in [0.3, 0.4) is 0 Å². The summed E-state index contributed by atoms with van der Waals surface area (Å²) in [6, 6.07) is -0.118. The Bertz CT molecular complexity index is 619. The second-order valence-corrected chi connectivity index (χ2v) is 10.2. The van der Waals surface area contributed by atoms with Gasteiger partial charge in [-0.15, -0.1) is 0 Å². The minimum atomic E-state index is -0.118. The third kappa shape index (κ3) is 4.53. The van der Waals surface area contributed by atoms with Gasteiger partial charge in [0.1, 0.15) is 0 Å². The van der Waals surface area contributed by atoms with Crippen LogP contribution in [0.4, 0.5) is 4.79 Å². The zero-order valence-corrected chi connectivity index (χ0v) is 17.9. The van der Waals surface area contributed by atoms with Crippen LogP contribution in [0.2, 0.25) is 0 Å². The smallest absolute Gasteiger partial charge is 0.315 e. The van der Waals surface area contributed by atoms with Crippen LogP contribution in [0.15, 0.2) is 0 Å². The summed E-state index contributed by atoms with van der Waals surface area (Å²) in [5.74, 6) is 2.59. The molecule has 162 valence electrons. The third-order valence-corrected chi connectivity index (χ3v) is 7.48. The molecule has 4 bridgehead atoms. The number of rotatable bonds is 5. The van der Waals surface area contributed by atoms with E-state index in [1.54, 1.807) is 0 Å². The molecule has 5 rings (SSSR count). The number of amides is 4. The van der Waals surface area contributed by atoms with Gasteiger partial charge in [-0.2, -0.15) is 0 Å². The Balaban J connectivity index is 1.17. The Kier molecular flexibility index (Phi) is 5.76. The van der Waals surface area contributed by atoms with E-state index >= 15 is 0 Å². The number of nitrogens with zero attached hydrogens (tertiary/aromatic N) is 2. The maximum Gasteiger partial charge on any atom is 0.315 e. The normalized spacial score (nSPS) is 33.1. The first-order valence-electron chi connectivity index (χ1n) is 11.5. The molecule has 1 heterocycles. The van der Waals surface area contributed by atoms with Crippen molar-refractivity contribution in [2.75, 3.05) is 32.7 Å². The van der Waals surface area contributed by atoms with Crippen molar-refractivity contribution in [2.24, 2.45) is 23.7 Å². The first-order valence-corrected chi connectivity index (χ1v) is 11.5. The van der Waals surface area contributed by atoms with Gasteiger partial charge >= 0.3 is 6.03 Å². The van der Waals surface area contributed by atoms with E-state index in [1.807, 2.05) is 23.6 Å². The molecule has 0 radical (unpaired) electrons. The maximum atomic E-state index is 12.5. The molecule has 0 aromatic heterocycles. The van der Waals surface area contributed by atoms with Crippen LogP contribution in [0, 0.1) is 23.7 Å². The molecule has 7 nitrogen and oxygen atoms in total. The molecule has 0 aromatic carbocycles. The Morgan fingerprint density at radius 1 is 0.897 bits per heavy atom. The highest BCUT2D eigenvalue weighted by molar-refractivity contribution is 5.80. The molecular weight excluding hydrogens is 368 g/mol. The highest BCUT2D eigenvalue weighted by Crippen LogP contribution is 2.55. The molecule has 5 aliphatic rings. The Morgan fingerprint density at radius 3 is 1.93 bits per heavy atom. The summed E-state index contributed by atoms with van der Waals surface area (Å²) in [5, 5.41) is 6.20. The lowest BCUT2D eigenvalue weighted by Crippen LogP contribution is -2.61. The van der Waals surface area contributed by atoms with E-state index in [0.717, 1.165) is 37.0 Å². The summed E-state index contributed by atoms with van der Waals surface area (Å²) in [4.78, 5) is 40.6. The zero-order chi connectivity index (χ0) is 20.6. The van der Waals surface area contributed by atoms with Crippen molar-refractivity contribution < 1.29 is 14.4 Å². The van der Waals surface area contributed by atoms with Gasteiger partial charge in [0.25, 0.3) is 0 Å².